The zero-order chi connectivity index (χ0) is 13.0. The molecule has 0 saturated carbocycles. The molecule has 0 spiro atoms. The summed E-state index contributed by atoms with van der Waals surface area (Å²) in [4.78, 5) is 2.31. The van der Waals surface area contributed by atoms with Crippen LogP contribution in [0.5, 0.6) is 11.5 Å². The number of phenols is 1. The van der Waals surface area contributed by atoms with Crippen molar-refractivity contribution in [1.82, 2.24) is 4.90 Å². The van der Waals surface area contributed by atoms with Crippen LogP contribution in [0.25, 0.3) is 0 Å². The minimum Gasteiger partial charge on any atom is -0.504 e. The van der Waals surface area contributed by atoms with Crippen molar-refractivity contribution in [3.05, 3.63) is 23.8 Å². The first kappa shape index (κ1) is 13.7. The molecule has 1 aromatic rings. The van der Waals surface area contributed by atoms with Gasteiger partial charge in [-0.25, -0.2) is 0 Å². The highest BCUT2D eigenvalue weighted by Crippen LogP contribution is 2.30. The standard InChI is InChI=1S/C12H18N2O2S/c1-4-16-10-7-8(5-6-9(10)15)11(12(13)17)14(2)3/h5-7,11,15H,4H2,1-3H3,(H2,13,17). The second kappa shape index (κ2) is 5.84. The van der Waals surface area contributed by atoms with Gasteiger partial charge in [0.15, 0.2) is 11.5 Å². The summed E-state index contributed by atoms with van der Waals surface area (Å²) in [6.07, 6.45) is 0. The average Bonchev–Trinajstić information content (AvgIpc) is 2.22. The molecule has 0 aliphatic carbocycles. The van der Waals surface area contributed by atoms with Crippen LogP contribution in [-0.4, -0.2) is 35.7 Å². The van der Waals surface area contributed by atoms with Gasteiger partial charge in [0, 0.05) is 0 Å². The highest BCUT2D eigenvalue weighted by Gasteiger charge is 2.18. The van der Waals surface area contributed by atoms with Gasteiger partial charge in [0.05, 0.1) is 17.6 Å². The van der Waals surface area contributed by atoms with E-state index in [1.165, 1.54) is 0 Å². The first-order valence-electron chi connectivity index (χ1n) is 5.38. The maximum absolute atomic E-state index is 9.62. The fourth-order valence-corrected chi connectivity index (χ4v) is 2.04. The van der Waals surface area contributed by atoms with Crippen LogP contribution in [0.2, 0.25) is 0 Å². The van der Waals surface area contributed by atoms with Crippen LogP contribution in [0, 0.1) is 0 Å². The number of nitrogens with zero attached hydrogens (tertiary/aromatic N) is 1. The molecule has 0 saturated heterocycles. The summed E-state index contributed by atoms with van der Waals surface area (Å²) in [6.45, 7) is 2.36. The van der Waals surface area contributed by atoms with E-state index >= 15 is 0 Å². The minimum absolute atomic E-state index is 0.121. The Kier molecular flexibility index (Phi) is 4.72. The summed E-state index contributed by atoms with van der Waals surface area (Å²) in [5.41, 5.74) is 6.62. The Morgan fingerprint density at radius 1 is 1.53 bits per heavy atom. The van der Waals surface area contributed by atoms with Crippen molar-refractivity contribution in [2.45, 2.75) is 13.0 Å². The molecule has 1 unspecified atom stereocenters. The first-order chi connectivity index (χ1) is 7.97. The van der Waals surface area contributed by atoms with Gasteiger partial charge < -0.3 is 15.6 Å². The Hall–Kier alpha value is -1.33. The number of thiocarbonyl (C=S) groups is 1. The number of hydrogen-bond donors (Lipinski definition) is 2. The van der Waals surface area contributed by atoms with Crippen molar-refractivity contribution < 1.29 is 9.84 Å². The molecule has 3 N–H and O–H groups in total. The normalized spacial score (nSPS) is 12.5. The molecule has 4 nitrogen and oxygen atoms in total. The molecule has 1 atom stereocenters. The van der Waals surface area contributed by atoms with E-state index in [2.05, 4.69) is 0 Å². The van der Waals surface area contributed by atoms with Gasteiger partial charge in [-0.3, -0.25) is 4.90 Å². The third-order valence-corrected chi connectivity index (χ3v) is 2.61. The van der Waals surface area contributed by atoms with Gasteiger partial charge in [-0.2, -0.15) is 0 Å². The first-order valence-corrected chi connectivity index (χ1v) is 5.79. The molecule has 0 amide bonds. The monoisotopic (exact) mass is 254 g/mol. The molecule has 1 aromatic carbocycles. The van der Waals surface area contributed by atoms with Crippen molar-refractivity contribution in [3.63, 3.8) is 0 Å². The van der Waals surface area contributed by atoms with Gasteiger partial charge in [-0.05, 0) is 38.7 Å². The number of likely N-dealkylation sites (N-methyl/N-ethyl adjacent to an activating group) is 1. The molecule has 0 fully saturated rings. The summed E-state index contributed by atoms with van der Waals surface area (Å²) in [7, 11) is 3.80. The second-order valence-electron chi connectivity index (χ2n) is 3.93. The van der Waals surface area contributed by atoms with E-state index in [-0.39, 0.29) is 11.8 Å². The topological polar surface area (TPSA) is 58.7 Å². The maximum Gasteiger partial charge on any atom is 0.161 e. The van der Waals surface area contributed by atoms with Gasteiger partial charge in [0.1, 0.15) is 0 Å². The summed E-state index contributed by atoms with van der Waals surface area (Å²) < 4.78 is 5.33. The summed E-state index contributed by atoms with van der Waals surface area (Å²) >= 11 is 5.05. The fourth-order valence-electron chi connectivity index (χ4n) is 1.69. The maximum atomic E-state index is 9.62. The lowest BCUT2D eigenvalue weighted by Crippen LogP contribution is -2.31. The van der Waals surface area contributed by atoms with Gasteiger partial charge in [0.25, 0.3) is 0 Å². The number of aromatic hydroxyl groups is 1. The average molecular weight is 254 g/mol. The van der Waals surface area contributed by atoms with Gasteiger partial charge in [-0.15, -0.1) is 0 Å². The Balaban J connectivity index is 3.12. The van der Waals surface area contributed by atoms with Crippen molar-refractivity contribution in [2.24, 2.45) is 5.73 Å². The van der Waals surface area contributed by atoms with Crippen LogP contribution in [0.4, 0.5) is 0 Å². The number of ether oxygens (including phenoxy) is 1. The summed E-state index contributed by atoms with van der Waals surface area (Å²) in [5, 5.41) is 9.62. The van der Waals surface area contributed by atoms with E-state index in [1.807, 2.05) is 25.9 Å². The molecule has 0 aliphatic heterocycles. The fraction of sp³-hybridized carbons (Fsp3) is 0.417. The number of phenolic OH excluding ortho intramolecular Hbond substituents is 1. The zero-order valence-electron chi connectivity index (χ0n) is 10.3. The molecule has 0 radical (unpaired) electrons. The SMILES string of the molecule is CCOc1cc(C(C(N)=S)N(C)C)ccc1O. The van der Waals surface area contributed by atoms with E-state index in [0.717, 1.165) is 5.56 Å². The quantitative estimate of drug-likeness (QED) is 0.783. The number of benzene rings is 1. The lowest BCUT2D eigenvalue weighted by atomic mass is 10.1. The van der Waals surface area contributed by atoms with Crippen molar-refractivity contribution in [3.8, 4) is 11.5 Å². The van der Waals surface area contributed by atoms with E-state index in [4.69, 9.17) is 22.7 Å². The number of rotatable bonds is 5. The van der Waals surface area contributed by atoms with E-state index in [1.54, 1.807) is 18.2 Å². The van der Waals surface area contributed by atoms with Gasteiger partial charge in [-0.1, -0.05) is 18.3 Å². The van der Waals surface area contributed by atoms with Gasteiger partial charge >= 0.3 is 0 Å². The number of nitrogens with two attached hydrogens (primary N) is 1. The highest BCUT2D eigenvalue weighted by molar-refractivity contribution is 7.80. The van der Waals surface area contributed by atoms with Crippen LogP contribution in [0.1, 0.15) is 18.5 Å². The molecule has 0 aliphatic rings. The van der Waals surface area contributed by atoms with Crippen LogP contribution >= 0.6 is 12.2 Å². The van der Waals surface area contributed by atoms with Crippen LogP contribution in [0.3, 0.4) is 0 Å². The molecule has 1 rings (SSSR count). The lowest BCUT2D eigenvalue weighted by molar-refractivity contribution is 0.315. The Labute approximate surface area is 107 Å². The second-order valence-corrected chi connectivity index (χ2v) is 4.40. The van der Waals surface area contributed by atoms with Crippen molar-refractivity contribution >= 4 is 17.2 Å². The third kappa shape index (κ3) is 3.31. The van der Waals surface area contributed by atoms with Gasteiger partial charge in [0.2, 0.25) is 0 Å². The largest absolute Gasteiger partial charge is 0.504 e. The van der Waals surface area contributed by atoms with E-state index in [9.17, 15) is 5.11 Å². The molecular weight excluding hydrogens is 236 g/mol. The minimum atomic E-state index is -0.162. The number of hydrogen-bond acceptors (Lipinski definition) is 4. The molecular formula is C12H18N2O2S. The molecule has 5 heteroatoms. The predicted molar refractivity (Wildman–Crippen MR) is 72.5 cm³/mol. The molecule has 0 bridgehead atoms. The molecule has 0 aromatic heterocycles. The Bertz CT molecular complexity index is 407. The summed E-state index contributed by atoms with van der Waals surface area (Å²) in [5.74, 6) is 0.573. The zero-order valence-corrected chi connectivity index (χ0v) is 11.1. The Morgan fingerprint density at radius 3 is 2.65 bits per heavy atom. The summed E-state index contributed by atoms with van der Waals surface area (Å²) in [6, 6.07) is 4.99. The van der Waals surface area contributed by atoms with Crippen LogP contribution < -0.4 is 10.5 Å². The van der Waals surface area contributed by atoms with Crippen molar-refractivity contribution in [2.75, 3.05) is 20.7 Å². The smallest absolute Gasteiger partial charge is 0.161 e. The Morgan fingerprint density at radius 2 is 2.18 bits per heavy atom. The molecule has 17 heavy (non-hydrogen) atoms. The van der Waals surface area contributed by atoms with Crippen LogP contribution in [0.15, 0.2) is 18.2 Å². The van der Waals surface area contributed by atoms with Crippen LogP contribution in [-0.2, 0) is 0 Å². The van der Waals surface area contributed by atoms with E-state index < -0.39 is 0 Å². The third-order valence-electron chi connectivity index (χ3n) is 2.39. The lowest BCUT2D eigenvalue weighted by Gasteiger charge is -2.24. The van der Waals surface area contributed by atoms with E-state index in [0.29, 0.717) is 17.3 Å². The molecule has 0 heterocycles. The van der Waals surface area contributed by atoms with Crippen molar-refractivity contribution in [1.29, 1.82) is 0 Å². The molecule has 94 valence electrons. The predicted octanol–water partition coefficient (Wildman–Crippen LogP) is 1.68. The highest BCUT2D eigenvalue weighted by atomic mass is 32.1.